The van der Waals surface area contributed by atoms with Crippen LogP contribution in [0, 0.1) is 0 Å². The Hall–Kier alpha value is -4.03. The summed E-state index contributed by atoms with van der Waals surface area (Å²) in [7, 11) is 1.67. The van der Waals surface area contributed by atoms with Crippen molar-refractivity contribution in [3.05, 3.63) is 107 Å². The topological polar surface area (TPSA) is 72.8 Å². The Morgan fingerprint density at radius 1 is 1.09 bits per heavy atom. The molecule has 1 atom stereocenters. The van der Waals surface area contributed by atoms with E-state index in [1.54, 1.807) is 13.3 Å². The van der Waals surface area contributed by atoms with Gasteiger partial charge in [-0.15, -0.1) is 0 Å². The van der Waals surface area contributed by atoms with Crippen molar-refractivity contribution in [2.24, 2.45) is 0 Å². The highest BCUT2D eigenvalue weighted by atomic mass is 16.5. The minimum absolute atomic E-state index is 0.127. The molecule has 6 heteroatoms. The molecule has 1 aliphatic heterocycles. The maximum Gasteiger partial charge on any atom is 0.165 e. The zero-order valence-corrected chi connectivity index (χ0v) is 19.8. The molecule has 5 aromatic rings. The molecule has 6 nitrogen and oxygen atoms in total. The van der Waals surface area contributed by atoms with Gasteiger partial charge in [0.25, 0.3) is 0 Å². The smallest absolute Gasteiger partial charge is 0.165 e. The number of aromatic nitrogens is 4. The second kappa shape index (κ2) is 8.64. The molecular formula is C29H26N4O2. The minimum Gasteiger partial charge on any atom is -0.378 e. The molecule has 0 saturated heterocycles. The van der Waals surface area contributed by atoms with E-state index in [2.05, 4.69) is 53.3 Å². The highest BCUT2D eigenvalue weighted by Gasteiger charge is 2.33. The molecule has 2 aromatic carbocycles. The van der Waals surface area contributed by atoms with Crippen molar-refractivity contribution in [3.63, 3.8) is 0 Å². The van der Waals surface area contributed by atoms with Gasteiger partial charge < -0.3 is 9.72 Å². The van der Waals surface area contributed by atoms with E-state index in [4.69, 9.17) is 9.84 Å². The number of nitrogens with zero attached hydrogens (tertiary/aromatic N) is 3. The summed E-state index contributed by atoms with van der Waals surface area (Å²) in [6.45, 7) is 2.52. The van der Waals surface area contributed by atoms with E-state index in [1.165, 1.54) is 0 Å². The number of carbonyl (C=O) groups excluding carboxylic acids is 1. The van der Waals surface area contributed by atoms with E-state index in [0.29, 0.717) is 19.4 Å². The summed E-state index contributed by atoms with van der Waals surface area (Å²) in [5.74, 6) is 0.127. The van der Waals surface area contributed by atoms with Crippen LogP contribution in [0.4, 0.5) is 0 Å². The summed E-state index contributed by atoms with van der Waals surface area (Å²) >= 11 is 0. The highest BCUT2D eigenvalue weighted by Crippen LogP contribution is 2.37. The largest absolute Gasteiger partial charge is 0.378 e. The number of nitrogens with one attached hydrogen (secondary N) is 1. The van der Waals surface area contributed by atoms with Crippen molar-refractivity contribution in [1.82, 2.24) is 19.7 Å². The van der Waals surface area contributed by atoms with Crippen molar-refractivity contribution in [2.45, 2.75) is 32.4 Å². The lowest BCUT2D eigenvalue weighted by atomic mass is 9.85. The summed E-state index contributed by atoms with van der Waals surface area (Å²) in [6, 6.07) is 18.3. The third-order valence-electron chi connectivity index (χ3n) is 6.84. The summed E-state index contributed by atoms with van der Waals surface area (Å²) < 4.78 is 7.36. The Labute approximate surface area is 203 Å². The molecule has 1 aliphatic rings. The average molecular weight is 463 g/mol. The maximum absolute atomic E-state index is 13.9. The number of ether oxygens (including phenoxy) is 1. The van der Waals surface area contributed by atoms with Gasteiger partial charge in [-0.25, -0.2) is 0 Å². The first-order chi connectivity index (χ1) is 17.1. The standard InChI is InChI=1S/C29H26N4O2/c1-18-11-25-15-24(17-35-2)32-33(25)29(22-6-5-20-8-10-31-26(20)14-22)28(18)27(34)13-19-3-4-23-16-30-9-7-21(23)12-19/h3-10,12,14-16,29,31H,11,13,17H2,1-2H3. The van der Waals surface area contributed by atoms with Gasteiger partial charge in [0.15, 0.2) is 5.78 Å². The number of hydrogen-bond acceptors (Lipinski definition) is 4. The normalized spacial score (nSPS) is 15.7. The SMILES string of the molecule is COCc1cc2n(n1)C(c1ccc3cc[nH]c3c1)C(C(=O)Cc1ccc3cnccc3c1)=C(C)C2. The molecule has 35 heavy (non-hydrogen) atoms. The van der Waals surface area contributed by atoms with Gasteiger partial charge in [0, 0.05) is 60.7 Å². The minimum atomic E-state index is -0.283. The van der Waals surface area contributed by atoms with Crippen LogP contribution in [0.5, 0.6) is 0 Å². The van der Waals surface area contributed by atoms with Gasteiger partial charge in [-0.05, 0) is 53.1 Å². The number of allylic oxidation sites excluding steroid dienone is 2. The molecule has 0 radical (unpaired) electrons. The molecule has 0 bridgehead atoms. The summed E-state index contributed by atoms with van der Waals surface area (Å²) in [4.78, 5) is 21.4. The number of fused-ring (bicyclic) bond motifs is 3. The Bertz CT molecular complexity index is 1610. The lowest BCUT2D eigenvalue weighted by Crippen LogP contribution is -2.28. The second-order valence-electron chi connectivity index (χ2n) is 9.26. The van der Waals surface area contributed by atoms with Crippen LogP contribution in [0.15, 0.2) is 84.3 Å². The second-order valence-corrected chi connectivity index (χ2v) is 9.26. The van der Waals surface area contributed by atoms with E-state index in [-0.39, 0.29) is 11.8 Å². The zero-order valence-electron chi connectivity index (χ0n) is 19.8. The van der Waals surface area contributed by atoms with Crippen LogP contribution in [0.1, 0.15) is 35.5 Å². The highest BCUT2D eigenvalue weighted by molar-refractivity contribution is 6.00. The first-order valence-corrected chi connectivity index (χ1v) is 11.8. The average Bonchev–Trinajstić information content (AvgIpc) is 3.49. The van der Waals surface area contributed by atoms with E-state index in [0.717, 1.165) is 55.3 Å². The molecule has 0 aliphatic carbocycles. The molecule has 0 fully saturated rings. The van der Waals surface area contributed by atoms with Gasteiger partial charge in [0.2, 0.25) is 0 Å². The summed E-state index contributed by atoms with van der Waals surface area (Å²) in [5.41, 5.74) is 6.97. The molecule has 4 heterocycles. The van der Waals surface area contributed by atoms with Crippen LogP contribution in [-0.2, 0) is 29.0 Å². The number of aromatic amines is 1. The predicted octanol–water partition coefficient (Wildman–Crippen LogP) is 5.33. The van der Waals surface area contributed by atoms with Crippen LogP contribution in [0.2, 0.25) is 0 Å². The molecule has 3 aromatic heterocycles. The van der Waals surface area contributed by atoms with Crippen LogP contribution >= 0.6 is 0 Å². The van der Waals surface area contributed by atoms with Crippen LogP contribution in [0.25, 0.3) is 21.7 Å². The van der Waals surface area contributed by atoms with Crippen molar-refractivity contribution < 1.29 is 9.53 Å². The number of carbonyl (C=O) groups is 1. The molecule has 0 saturated carbocycles. The maximum atomic E-state index is 13.9. The first kappa shape index (κ1) is 21.5. The number of hydrogen-bond donors (Lipinski definition) is 1. The van der Waals surface area contributed by atoms with Gasteiger partial charge in [0.05, 0.1) is 12.3 Å². The third-order valence-corrected chi connectivity index (χ3v) is 6.84. The third kappa shape index (κ3) is 3.86. The number of ketones is 1. The van der Waals surface area contributed by atoms with Gasteiger partial charge in [-0.3, -0.25) is 14.5 Å². The Morgan fingerprint density at radius 2 is 1.97 bits per heavy atom. The molecule has 1 N–H and O–H groups in total. The fourth-order valence-corrected chi connectivity index (χ4v) is 5.24. The molecular weight excluding hydrogens is 436 g/mol. The fraction of sp³-hybridized carbons (Fsp3) is 0.207. The van der Waals surface area contributed by atoms with Crippen LogP contribution in [0.3, 0.4) is 0 Å². The summed E-state index contributed by atoms with van der Waals surface area (Å²) in [5, 5.41) is 8.17. The van der Waals surface area contributed by atoms with Crippen molar-refractivity contribution in [1.29, 1.82) is 0 Å². The fourth-order valence-electron chi connectivity index (χ4n) is 5.24. The lowest BCUT2D eigenvalue weighted by Gasteiger charge is -2.29. The monoisotopic (exact) mass is 462 g/mol. The van der Waals surface area contributed by atoms with Gasteiger partial charge in [0.1, 0.15) is 6.04 Å². The molecule has 1 unspecified atom stereocenters. The quantitative estimate of drug-likeness (QED) is 0.370. The van der Waals surface area contributed by atoms with E-state index in [9.17, 15) is 4.79 Å². The van der Waals surface area contributed by atoms with E-state index < -0.39 is 0 Å². The van der Waals surface area contributed by atoms with Gasteiger partial charge in [-0.1, -0.05) is 35.9 Å². The molecule has 0 amide bonds. The zero-order chi connectivity index (χ0) is 23.9. The number of H-pyrrole nitrogens is 1. The van der Waals surface area contributed by atoms with Crippen LogP contribution in [-0.4, -0.2) is 32.6 Å². The summed E-state index contributed by atoms with van der Waals surface area (Å²) in [6.07, 6.45) is 6.60. The molecule has 6 rings (SSSR count). The number of Topliss-reactive ketones (excluding diaryl/α,β-unsaturated/α-hetero) is 1. The molecule has 0 spiro atoms. The van der Waals surface area contributed by atoms with Crippen molar-refractivity contribution in [3.8, 4) is 0 Å². The van der Waals surface area contributed by atoms with E-state index in [1.807, 2.05) is 35.3 Å². The van der Waals surface area contributed by atoms with E-state index >= 15 is 0 Å². The Kier molecular flexibility index (Phi) is 5.30. The van der Waals surface area contributed by atoms with Crippen LogP contribution < -0.4 is 0 Å². The number of pyridine rings is 1. The van der Waals surface area contributed by atoms with Gasteiger partial charge in [-0.2, -0.15) is 5.10 Å². The number of rotatable bonds is 6. The Balaban J connectivity index is 1.43. The Morgan fingerprint density at radius 3 is 2.86 bits per heavy atom. The number of benzene rings is 2. The van der Waals surface area contributed by atoms with Crippen molar-refractivity contribution >= 4 is 27.5 Å². The number of methoxy groups -OCH3 is 1. The molecule has 174 valence electrons. The lowest BCUT2D eigenvalue weighted by molar-refractivity contribution is -0.115. The predicted molar refractivity (Wildman–Crippen MR) is 136 cm³/mol. The first-order valence-electron chi connectivity index (χ1n) is 11.8. The van der Waals surface area contributed by atoms with Crippen molar-refractivity contribution in [2.75, 3.05) is 7.11 Å². The van der Waals surface area contributed by atoms with Gasteiger partial charge >= 0.3 is 0 Å².